The summed E-state index contributed by atoms with van der Waals surface area (Å²) in [5, 5.41) is 6.12. The quantitative estimate of drug-likeness (QED) is 0.610. The third-order valence-corrected chi connectivity index (χ3v) is 3.84. The van der Waals surface area contributed by atoms with Crippen molar-refractivity contribution in [3.63, 3.8) is 0 Å². The number of nitrogens with one attached hydrogen (secondary N) is 4. The Kier molecular flexibility index (Phi) is 5.37. The van der Waals surface area contributed by atoms with Gasteiger partial charge < -0.3 is 10.1 Å². The summed E-state index contributed by atoms with van der Waals surface area (Å²) >= 11 is 0. The third kappa shape index (κ3) is 4.29. The van der Waals surface area contributed by atoms with Gasteiger partial charge >= 0.3 is 0 Å². The number of ether oxygens (including phenoxy) is 1. The topological polar surface area (TPSA) is 87.3 Å². The van der Waals surface area contributed by atoms with Gasteiger partial charge in [-0.2, -0.15) is 0 Å². The number of carbonyl (C=O) groups excluding carboxylic acids is 1. The summed E-state index contributed by atoms with van der Waals surface area (Å²) in [4.78, 5) is 16.3. The Hall–Kier alpha value is -2.48. The van der Waals surface area contributed by atoms with E-state index in [9.17, 15) is 4.79 Å². The fourth-order valence-corrected chi connectivity index (χ4v) is 2.49. The first-order chi connectivity index (χ1) is 11.7. The molecule has 1 aromatic heterocycles. The van der Waals surface area contributed by atoms with Gasteiger partial charge in [-0.1, -0.05) is 18.2 Å². The molecule has 2 heterocycles. The van der Waals surface area contributed by atoms with E-state index in [1.807, 2.05) is 36.4 Å². The summed E-state index contributed by atoms with van der Waals surface area (Å²) in [7, 11) is 1.63. The van der Waals surface area contributed by atoms with Crippen molar-refractivity contribution in [1.82, 2.24) is 26.5 Å². The maximum atomic E-state index is 12.3. The van der Waals surface area contributed by atoms with Crippen molar-refractivity contribution in [3.8, 4) is 5.75 Å². The molecule has 0 bridgehead atoms. The van der Waals surface area contributed by atoms with E-state index in [1.165, 1.54) is 0 Å². The van der Waals surface area contributed by atoms with Gasteiger partial charge in [0, 0.05) is 18.9 Å². The smallest absolute Gasteiger partial charge is 0.241 e. The van der Waals surface area contributed by atoms with Crippen molar-refractivity contribution in [2.75, 3.05) is 7.11 Å². The van der Waals surface area contributed by atoms with Crippen molar-refractivity contribution in [1.29, 1.82) is 0 Å². The Morgan fingerprint density at radius 3 is 2.67 bits per heavy atom. The third-order valence-electron chi connectivity index (χ3n) is 3.84. The predicted molar refractivity (Wildman–Crippen MR) is 89.8 cm³/mol. The van der Waals surface area contributed by atoms with Gasteiger partial charge in [0.25, 0.3) is 0 Å². The Bertz CT molecular complexity index is 662. The minimum Gasteiger partial charge on any atom is -0.497 e. The first kappa shape index (κ1) is 16.4. The highest BCUT2D eigenvalue weighted by Crippen LogP contribution is 2.13. The average Bonchev–Trinajstić information content (AvgIpc) is 2.63. The van der Waals surface area contributed by atoms with Crippen LogP contribution in [0.25, 0.3) is 0 Å². The number of rotatable bonds is 6. The van der Waals surface area contributed by atoms with Crippen LogP contribution >= 0.6 is 0 Å². The minimum absolute atomic E-state index is 0.0479. The zero-order valence-electron chi connectivity index (χ0n) is 13.5. The second kappa shape index (κ2) is 7.87. The molecule has 0 spiro atoms. The minimum atomic E-state index is -0.329. The molecule has 24 heavy (non-hydrogen) atoms. The first-order valence-corrected chi connectivity index (χ1v) is 7.81. The van der Waals surface area contributed by atoms with E-state index in [4.69, 9.17) is 4.74 Å². The van der Waals surface area contributed by atoms with E-state index in [1.54, 1.807) is 19.5 Å². The van der Waals surface area contributed by atoms with E-state index in [0.29, 0.717) is 13.0 Å². The van der Waals surface area contributed by atoms with Crippen LogP contribution < -0.4 is 26.2 Å². The number of benzene rings is 1. The molecule has 0 radical (unpaired) electrons. The zero-order chi connectivity index (χ0) is 16.8. The second-order valence-electron chi connectivity index (χ2n) is 5.58. The van der Waals surface area contributed by atoms with Crippen LogP contribution in [0.2, 0.25) is 0 Å². The van der Waals surface area contributed by atoms with E-state index in [2.05, 4.69) is 26.5 Å². The fourth-order valence-electron chi connectivity index (χ4n) is 2.49. The molecule has 4 N–H and O–H groups in total. The molecule has 1 fully saturated rings. The summed E-state index contributed by atoms with van der Waals surface area (Å²) < 4.78 is 5.14. The van der Waals surface area contributed by atoms with Gasteiger partial charge in [-0.25, -0.2) is 10.9 Å². The number of hydrazine groups is 1. The summed E-state index contributed by atoms with van der Waals surface area (Å²) in [5.74, 6) is 0.755. The Labute approximate surface area is 140 Å². The largest absolute Gasteiger partial charge is 0.497 e. The maximum Gasteiger partial charge on any atom is 0.241 e. The number of hydrogen-bond acceptors (Lipinski definition) is 6. The van der Waals surface area contributed by atoms with Crippen LogP contribution in [-0.2, 0) is 17.8 Å². The van der Waals surface area contributed by atoms with Crippen LogP contribution in [0.3, 0.4) is 0 Å². The fraction of sp³-hybridized carbons (Fsp3) is 0.294. The van der Waals surface area contributed by atoms with Gasteiger partial charge in [0.15, 0.2) is 0 Å². The van der Waals surface area contributed by atoms with E-state index in [0.717, 1.165) is 16.9 Å². The standard InChI is InChI=1S/C17H21N5O2/c1-24-14-6-4-12(5-7-14)9-15-16(23)20-17(22-21-15)19-11-13-3-2-8-18-10-13/h2-8,10,15,17,19,21-22H,9,11H2,1H3,(H,20,23). The van der Waals surface area contributed by atoms with Crippen molar-refractivity contribution < 1.29 is 9.53 Å². The van der Waals surface area contributed by atoms with E-state index < -0.39 is 0 Å². The van der Waals surface area contributed by atoms with Crippen molar-refractivity contribution in [2.24, 2.45) is 0 Å². The molecule has 1 aliphatic heterocycles. The molecule has 7 heteroatoms. The molecule has 3 rings (SSSR count). The molecule has 2 unspecified atom stereocenters. The Balaban J connectivity index is 1.48. The van der Waals surface area contributed by atoms with Crippen molar-refractivity contribution in [3.05, 3.63) is 59.9 Å². The molecule has 2 aromatic rings. The molecule has 1 aromatic carbocycles. The number of amides is 1. The summed E-state index contributed by atoms with van der Waals surface area (Å²) in [6, 6.07) is 11.2. The predicted octanol–water partition coefficient (Wildman–Crippen LogP) is 0.299. The Morgan fingerprint density at radius 2 is 2.00 bits per heavy atom. The number of aromatic nitrogens is 1. The lowest BCUT2D eigenvalue weighted by atomic mass is 10.1. The summed E-state index contributed by atoms with van der Waals surface area (Å²) in [5.41, 5.74) is 8.25. The average molecular weight is 327 g/mol. The van der Waals surface area contributed by atoms with Crippen LogP contribution in [0, 0.1) is 0 Å². The molecule has 7 nitrogen and oxygen atoms in total. The van der Waals surface area contributed by atoms with Gasteiger partial charge in [-0.3, -0.25) is 15.1 Å². The monoisotopic (exact) mass is 327 g/mol. The maximum absolute atomic E-state index is 12.3. The van der Waals surface area contributed by atoms with Crippen LogP contribution in [0.1, 0.15) is 11.1 Å². The van der Waals surface area contributed by atoms with Crippen molar-refractivity contribution in [2.45, 2.75) is 25.3 Å². The van der Waals surface area contributed by atoms with Crippen molar-refractivity contribution >= 4 is 5.91 Å². The van der Waals surface area contributed by atoms with Gasteiger partial charge in [0.1, 0.15) is 18.1 Å². The zero-order valence-corrected chi connectivity index (χ0v) is 13.5. The Morgan fingerprint density at radius 1 is 1.17 bits per heavy atom. The molecule has 1 amide bonds. The lowest BCUT2D eigenvalue weighted by molar-refractivity contribution is -0.127. The number of methoxy groups -OCH3 is 1. The highest BCUT2D eigenvalue weighted by Gasteiger charge is 2.26. The number of carbonyl (C=O) groups is 1. The molecule has 0 aliphatic carbocycles. The van der Waals surface area contributed by atoms with Crippen LogP contribution in [0.5, 0.6) is 5.75 Å². The summed E-state index contributed by atoms with van der Waals surface area (Å²) in [6.07, 6.45) is 3.79. The van der Waals surface area contributed by atoms with Crippen LogP contribution in [0.15, 0.2) is 48.8 Å². The van der Waals surface area contributed by atoms with E-state index in [-0.39, 0.29) is 18.2 Å². The molecule has 126 valence electrons. The highest BCUT2D eigenvalue weighted by molar-refractivity contribution is 5.82. The number of hydrogen-bond donors (Lipinski definition) is 4. The second-order valence-corrected chi connectivity index (χ2v) is 5.58. The SMILES string of the molecule is COc1ccc(CC2NNC(NCc3cccnc3)NC2=O)cc1. The van der Waals surface area contributed by atoms with Crippen LogP contribution in [-0.4, -0.2) is 30.3 Å². The first-order valence-electron chi connectivity index (χ1n) is 7.81. The molecule has 0 saturated carbocycles. The van der Waals surface area contributed by atoms with Gasteiger partial charge in [-0.05, 0) is 35.7 Å². The van der Waals surface area contributed by atoms with Gasteiger partial charge in [0.05, 0.1) is 7.11 Å². The molecular weight excluding hydrogens is 306 g/mol. The normalized spacial score (nSPS) is 20.5. The number of pyridine rings is 1. The molecular formula is C17H21N5O2. The summed E-state index contributed by atoms with van der Waals surface area (Å²) in [6.45, 7) is 0.608. The van der Waals surface area contributed by atoms with Gasteiger partial charge in [-0.15, -0.1) is 0 Å². The lowest BCUT2D eigenvalue weighted by Crippen LogP contribution is -2.69. The number of nitrogens with zero attached hydrogens (tertiary/aromatic N) is 1. The molecule has 1 saturated heterocycles. The molecule has 1 aliphatic rings. The van der Waals surface area contributed by atoms with Crippen LogP contribution in [0.4, 0.5) is 0 Å². The van der Waals surface area contributed by atoms with Gasteiger partial charge in [0.2, 0.25) is 5.91 Å². The van der Waals surface area contributed by atoms with E-state index >= 15 is 0 Å². The molecule has 2 atom stereocenters. The highest BCUT2D eigenvalue weighted by atomic mass is 16.5. The lowest BCUT2D eigenvalue weighted by Gasteiger charge is -2.32.